The Morgan fingerprint density at radius 2 is 2.26 bits per heavy atom. The molecule has 19 heavy (non-hydrogen) atoms. The highest BCUT2D eigenvalue weighted by atomic mass is 79.9. The van der Waals surface area contributed by atoms with Crippen molar-refractivity contribution in [3.8, 4) is 0 Å². The molecular weight excluding hydrogens is 312 g/mol. The second kappa shape index (κ2) is 7.47. The Morgan fingerprint density at radius 1 is 1.58 bits per heavy atom. The van der Waals surface area contributed by atoms with Crippen LogP contribution in [0.5, 0.6) is 0 Å². The monoisotopic (exact) mass is 330 g/mol. The molecule has 1 rings (SSSR count). The summed E-state index contributed by atoms with van der Waals surface area (Å²) in [6.45, 7) is 2.10. The average molecular weight is 331 g/mol. The molecule has 5 nitrogen and oxygen atoms in total. The number of nitrogens with one attached hydrogen (secondary N) is 1. The molecule has 0 fully saturated rings. The maximum Gasteiger partial charge on any atom is 0.321 e. The lowest BCUT2D eigenvalue weighted by Gasteiger charge is -2.24. The van der Waals surface area contributed by atoms with Crippen LogP contribution >= 0.6 is 15.9 Å². The van der Waals surface area contributed by atoms with Gasteiger partial charge in [0.05, 0.1) is 19.3 Å². The van der Waals surface area contributed by atoms with E-state index < -0.39 is 0 Å². The molecule has 1 aromatic carbocycles. The molecule has 106 valence electrons. The van der Waals surface area contributed by atoms with Gasteiger partial charge in [-0.05, 0) is 19.1 Å². The number of methoxy groups -OCH3 is 1. The van der Waals surface area contributed by atoms with Crippen molar-refractivity contribution in [1.82, 2.24) is 4.90 Å². The van der Waals surface area contributed by atoms with Crippen molar-refractivity contribution in [2.75, 3.05) is 26.1 Å². The summed E-state index contributed by atoms with van der Waals surface area (Å²) in [6.07, 6.45) is 0. The van der Waals surface area contributed by atoms with Gasteiger partial charge in [0.2, 0.25) is 0 Å². The molecule has 0 radical (unpaired) electrons. The largest absolute Gasteiger partial charge is 0.394 e. The Kier molecular flexibility index (Phi) is 6.27. The Bertz CT molecular complexity index is 440. The summed E-state index contributed by atoms with van der Waals surface area (Å²) < 4.78 is 6.00. The number of rotatable bonds is 5. The van der Waals surface area contributed by atoms with Crippen LogP contribution in [0.3, 0.4) is 0 Å². The highest BCUT2D eigenvalue weighted by molar-refractivity contribution is 9.10. The van der Waals surface area contributed by atoms with Crippen LogP contribution in [-0.4, -0.2) is 42.8 Å². The molecule has 0 spiro atoms. The molecule has 0 bridgehead atoms. The first-order valence-corrected chi connectivity index (χ1v) is 6.71. The highest BCUT2D eigenvalue weighted by Crippen LogP contribution is 2.25. The summed E-state index contributed by atoms with van der Waals surface area (Å²) >= 11 is 3.43. The van der Waals surface area contributed by atoms with Gasteiger partial charge < -0.3 is 20.1 Å². The van der Waals surface area contributed by atoms with Crippen LogP contribution in [-0.2, 0) is 11.3 Å². The third-order valence-electron chi connectivity index (χ3n) is 2.89. The van der Waals surface area contributed by atoms with E-state index in [1.54, 1.807) is 21.1 Å². The van der Waals surface area contributed by atoms with Crippen molar-refractivity contribution in [2.24, 2.45) is 0 Å². The number of hydrogen-bond acceptors (Lipinski definition) is 3. The number of carbonyl (C=O) groups excluding carboxylic acids is 1. The third-order valence-corrected chi connectivity index (χ3v) is 3.64. The fourth-order valence-corrected chi connectivity index (χ4v) is 1.97. The Labute approximate surface area is 121 Å². The first-order valence-electron chi connectivity index (χ1n) is 5.92. The van der Waals surface area contributed by atoms with Crippen molar-refractivity contribution in [1.29, 1.82) is 0 Å². The van der Waals surface area contributed by atoms with Crippen LogP contribution in [0.25, 0.3) is 0 Å². The van der Waals surface area contributed by atoms with E-state index >= 15 is 0 Å². The number of nitrogens with zero attached hydrogens (tertiary/aromatic N) is 1. The Morgan fingerprint density at radius 3 is 2.84 bits per heavy atom. The van der Waals surface area contributed by atoms with Crippen LogP contribution < -0.4 is 5.32 Å². The van der Waals surface area contributed by atoms with Crippen LogP contribution in [0.2, 0.25) is 0 Å². The van der Waals surface area contributed by atoms with E-state index in [1.165, 1.54) is 4.90 Å². The Hall–Kier alpha value is -1.11. The molecule has 0 aliphatic carbocycles. The standard InChI is InChI=1S/C13H19BrN2O3/c1-9(7-17)16(2)13(18)15-12-6-4-5-11(14)10(12)8-19-3/h4-6,9,17H,7-8H2,1-3H3,(H,15,18). The molecule has 0 aromatic heterocycles. The molecule has 0 heterocycles. The van der Waals surface area contributed by atoms with Gasteiger partial charge in [-0.25, -0.2) is 4.79 Å². The quantitative estimate of drug-likeness (QED) is 0.871. The minimum Gasteiger partial charge on any atom is -0.394 e. The smallest absolute Gasteiger partial charge is 0.321 e. The molecule has 2 N–H and O–H groups in total. The summed E-state index contributed by atoms with van der Waals surface area (Å²) in [5.74, 6) is 0. The van der Waals surface area contributed by atoms with Gasteiger partial charge in [-0.3, -0.25) is 0 Å². The molecule has 0 saturated heterocycles. The predicted molar refractivity (Wildman–Crippen MR) is 78.2 cm³/mol. The van der Waals surface area contributed by atoms with Crippen LogP contribution in [0.15, 0.2) is 22.7 Å². The molecular formula is C13H19BrN2O3. The van der Waals surface area contributed by atoms with E-state index in [1.807, 2.05) is 18.2 Å². The molecule has 1 aromatic rings. The summed E-state index contributed by atoms with van der Waals surface area (Å²) in [5, 5.41) is 11.9. The van der Waals surface area contributed by atoms with Crippen molar-refractivity contribution >= 4 is 27.6 Å². The third kappa shape index (κ3) is 4.19. The van der Waals surface area contributed by atoms with Gasteiger partial charge in [0, 0.05) is 29.9 Å². The number of anilines is 1. The summed E-state index contributed by atoms with van der Waals surface area (Å²) in [4.78, 5) is 13.5. The lowest BCUT2D eigenvalue weighted by atomic mass is 10.2. The number of aliphatic hydroxyl groups is 1. The van der Waals surface area contributed by atoms with E-state index in [2.05, 4.69) is 21.2 Å². The van der Waals surface area contributed by atoms with Crippen LogP contribution in [0, 0.1) is 0 Å². The number of benzene rings is 1. The summed E-state index contributed by atoms with van der Waals surface area (Å²) in [7, 11) is 3.25. The van der Waals surface area contributed by atoms with Gasteiger partial charge in [0.15, 0.2) is 0 Å². The van der Waals surface area contributed by atoms with E-state index in [0.717, 1.165) is 10.0 Å². The van der Waals surface area contributed by atoms with E-state index in [0.29, 0.717) is 12.3 Å². The minimum atomic E-state index is -0.267. The molecule has 6 heteroatoms. The lowest BCUT2D eigenvalue weighted by Crippen LogP contribution is -2.40. The van der Waals surface area contributed by atoms with Crippen molar-refractivity contribution in [2.45, 2.75) is 19.6 Å². The number of carbonyl (C=O) groups is 1. The number of amides is 2. The minimum absolute atomic E-state index is 0.0761. The maximum absolute atomic E-state index is 12.0. The average Bonchev–Trinajstić information content (AvgIpc) is 2.40. The highest BCUT2D eigenvalue weighted by Gasteiger charge is 2.16. The van der Waals surface area contributed by atoms with Gasteiger partial charge in [-0.15, -0.1) is 0 Å². The van der Waals surface area contributed by atoms with Crippen LogP contribution in [0.4, 0.5) is 10.5 Å². The van der Waals surface area contributed by atoms with Gasteiger partial charge in [-0.1, -0.05) is 22.0 Å². The second-order valence-electron chi connectivity index (χ2n) is 4.27. The van der Waals surface area contributed by atoms with E-state index in [4.69, 9.17) is 9.84 Å². The number of likely N-dealkylation sites (N-methyl/N-ethyl adjacent to an activating group) is 1. The second-order valence-corrected chi connectivity index (χ2v) is 5.13. The molecule has 2 amide bonds. The zero-order valence-electron chi connectivity index (χ0n) is 11.3. The van der Waals surface area contributed by atoms with Gasteiger partial charge in [-0.2, -0.15) is 0 Å². The molecule has 0 saturated carbocycles. The predicted octanol–water partition coefficient (Wildman–Crippen LogP) is 2.44. The van der Waals surface area contributed by atoms with Gasteiger partial charge >= 0.3 is 6.03 Å². The van der Waals surface area contributed by atoms with Crippen LogP contribution in [0.1, 0.15) is 12.5 Å². The van der Waals surface area contributed by atoms with Gasteiger partial charge in [0.25, 0.3) is 0 Å². The zero-order chi connectivity index (χ0) is 14.4. The fourth-order valence-electron chi connectivity index (χ4n) is 1.49. The fraction of sp³-hybridized carbons (Fsp3) is 0.462. The normalized spacial score (nSPS) is 12.1. The number of ether oxygens (including phenoxy) is 1. The molecule has 1 unspecified atom stereocenters. The maximum atomic E-state index is 12.0. The zero-order valence-corrected chi connectivity index (χ0v) is 12.9. The number of aliphatic hydroxyl groups excluding tert-OH is 1. The molecule has 0 aliphatic heterocycles. The van der Waals surface area contributed by atoms with E-state index in [9.17, 15) is 4.79 Å². The number of halogens is 1. The first kappa shape index (κ1) is 15.9. The van der Waals surface area contributed by atoms with Crippen molar-refractivity contribution < 1.29 is 14.6 Å². The van der Waals surface area contributed by atoms with E-state index in [-0.39, 0.29) is 18.7 Å². The van der Waals surface area contributed by atoms with Crippen molar-refractivity contribution in [3.63, 3.8) is 0 Å². The number of hydrogen-bond donors (Lipinski definition) is 2. The molecule has 1 atom stereocenters. The molecule has 0 aliphatic rings. The first-order chi connectivity index (χ1) is 9.01. The van der Waals surface area contributed by atoms with Crippen molar-refractivity contribution in [3.05, 3.63) is 28.2 Å². The lowest BCUT2D eigenvalue weighted by molar-refractivity contribution is 0.166. The SMILES string of the molecule is COCc1c(Br)cccc1NC(=O)N(C)C(C)CO. The topological polar surface area (TPSA) is 61.8 Å². The Balaban J connectivity index is 2.87. The summed E-state index contributed by atoms with van der Waals surface area (Å²) in [5.41, 5.74) is 1.57. The van der Waals surface area contributed by atoms with Gasteiger partial charge in [0.1, 0.15) is 0 Å². The number of urea groups is 1. The summed E-state index contributed by atoms with van der Waals surface area (Å²) in [6, 6.07) is 5.04.